The molecule has 0 bridgehead atoms. The number of hydrogen-bond donors (Lipinski definition) is 4. The molecule has 0 aliphatic heterocycles. The van der Waals surface area contributed by atoms with Gasteiger partial charge in [-0.25, -0.2) is 4.79 Å². The Morgan fingerprint density at radius 2 is 1.49 bits per heavy atom. The minimum atomic E-state index is -1.10. The number of hydrogen-bond acceptors (Lipinski definition) is 5. The maximum atomic E-state index is 12.2. The number of ether oxygens (including phenoxy) is 1. The summed E-state index contributed by atoms with van der Waals surface area (Å²) in [6.45, 7) is 0.0238. The molecule has 0 saturated carbocycles. The molecular formula is C27H26N2O6. The van der Waals surface area contributed by atoms with Crippen molar-refractivity contribution >= 4 is 23.7 Å². The maximum absolute atomic E-state index is 12.2. The van der Waals surface area contributed by atoms with Crippen LogP contribution in [0.3, 0.4) is 0 Å². The Morgan fingerprint density at radius 1 is 0.886 bits per heavy atom. The van der Waals surface area contributed by atoms with Gasteiger partial charge in [0.15, 0.2) is 0 Å². The normalized spacial score (nSPS) is 12.8. The number of aliphatic carboxylic acids is 1. The highest BCUT2D eigenvalue weighted by molar-refractivity contribution is 5.91. The van der Waals surface area contributed by atoms with Crippen LogP contribution in [0.25, 0.3) is 11.1 Å². The molecule has 0 heterocycles. The fourth-order valence-corrected chi connectivity index (χ4v) is 4.23. The number of amides is 2. The number of carboxylic acids is 1. The van der Waals surface area contributed by atoms with Crippen LogP contribution < -0.4 is 10.6 Å². The summed E-state index contributed by atoms with van der Waals surface area (Å²) in [5.41, 5.74) is 5.58. The van der Waals surface area contributed by atoms with E-state index < -0.39 is 24.1 Å². The van der Waals surface area contributed by atoms with Gasteiger partial charge in [0.2, 0.25) is 5.91 Å². The first-order valence-electron chi connectivity index (χ1n) is 11.3. The Hall–Kier alpha value is -4.17. The first kappa shape index (κ1) is 24.0. The fourth-order valence-electron chi connectivity index (χ4n) is 4.23. The Kier molecular flexibility index (Phi) is 7.42. The zero-order valence-corrected chi connectivity index (χ0v) is 18.9. The van der Waals surface area contributed by atoms with Gasteiger partial charge in [-0.15, -0.1) is 0 Å². The molecule has 35 heavy (non-hydrogen) atoms. The average Bonchev–Trinajstić information content (AvgIpc) is 3.16. The van der Waals surface area contributed by atoms with E-state index in [4.69, 9.17) is 9.84 Å². The summed E-state index contributed by atoms with van der Waals surface area (Å²) < 4.78 is 5.43. The summed E-state index contributed by atoms with van der Waals surface area (Å²) in [6, 6.07) is 22.5. The number of fused-ring (bicyclic) bond motifs is 3. The smallest absolute Gasteiger partial charge is 0.407 e. The molecule has 4 N–H and O–H groups in total. The third-order valence-corrected chi connectivity index (χ3v) is 5.84. The number of carbonyl (C=O) groups excluding carboxylic acids is 2. The van der Waals surface area contributed by atoms with Crippen molar-refractivity contribution in [1.29, 1.82) is 0 Å². The highest BCUT2D eigenvalue weighted by Crippen LogP contribution is 2.44. The first-order chi connectivity index (χ1) is 16.9. The van der Waals surface area contributed by atoms with Gasteiger partial charge in [0.25, 0.3) is 0 Å². The number of nitrogens with one attached hydrogen (secondary N) is 2. The van der Waals surface area contributed by atoms with Gasteiger partial charge in [-0.2, -0.15) is 0 Å². The summed E-state index contributed by atoms with van der Waals surface area (Å²) in [6.07, 6.45) is -2.09. The molecule has 1 unspecified atom stereocenters. The van der Waals surface area contributed by atoms with E-state index >= 15 is 0 Å². The number of anilines is 1. The predicted octanol–water partition coefficient (Wildman–Crippen LogP) is 3.54. The van der Waals surface area contributed by atoms with E-state index in [-0.39, 0.29) is 31.9 Å². The zero-order chi connectivity index (χ0) is 24.8. The van der Waals surface area contributed by atoms with Crippen molar-refractivity contribution in [2.75, 3.05) is 18.5 Å². The molecule has 2 amide bonds. The predicted molar refractivity (Wildman–Crippen MR) is 130 cm³/mol. The minimum Gasteiger partial charge on any atom is -0.481 e. The topological polar surface area (TPSA) is 125 Å². The number of benzene rings is 3. The molecule has 0 radical (unpaired) electrons. The summed E-state index contributed by atoms with van der Waals surface area (Å²) >= 11 is 0. The van der Waals surface area contributed by atoms with Crippen molar-refractivity contribution < 1.29 is 29.3 Å². The Bertz CT molecular complexity index is 1180. The van der Waals surface area contributed by atoms with Crippen LogP contribution in [0.5, 0.6) is 0 Å². The van der Waals surface area contributed by atoms with Crippen molar-refractivity contribution in [3.05, 3.63) is 89.5 Å². The second-order valence-electron chi connectivity index (χ2n) is 8.38. The molecule has 180 valence electrons. The molecule has 0 fully saturated rings. The van der Waals surface area contributed by atoms with E-state index in [1.807, 2.05) is 36.4 Å². The Morgan fingerprint density at radius 3 is 2.09 bits per heavy atom. The SMILES string of the molecule is O=C(O)Cc1ccc(NC(=O)CC(O)CNC(=O)OCC2c3ccccc3-c3ccccc32)cc1. The minimum absolute atomic E-state index is 0.0641. The number of rotatable bonds is 9. The molecule has 4 rings (SSSR count). The summed E-state index contributed by atoms with van der Waals surface area (Å²) in [4.78, 5) is 35.1. The van der Waals surface area contributed by atoms with Crippen LogP contribution in [0, 0.1) is 0 Å². The van der Waals surface area contributed by atoms with Gasteiger partial charge in [0, 0.05) is 18.2 Å². The van der Waals surface area contributed by atoms with Crippen LogP contribution in [-0.4, -0.2) is 47.4 Å². The molecule has 0 spiro atoms. The molecule has 3 aromatic rings. The van der Waals surface area contributed by atoms with Crippen LogP contribution in [0.1, 0.15) is 29.0 Å². The number of aliphatic hydroxyl groups excluding tert-OH is 1. The van der Waals surface area contributed by atoms with Crippen molar-refractivity contribution in [2.24, 2.45) is 0 Å². The highest BCUT2D eigenvalue weighted by atomic mass is 16.5. The van der Waals surface area contributed by atoms with Crippen LogP contribution in [-0.2, 0) is 20.7 Å². The van der Waals surface area contributed by atoms with Crippen molar-refractivity contribution in [2.45, 2.75) is 24.9 Å². The van der Waals surface area contributed by atoms with E-state index in [2.05, 4.69) is 22.8 Å². The van der Waals surface area contributed by atoms with E-state index in [0.717, 1.165) is 22.3 Å². The standard InChI is InChI=1S/C27H26N2O6/c30-19(14-25(31)29-18-11-9-17(10-12-18)13-26(32)33)15-28-27(34)35-16-24-22-7-3-1-5-20(22)21-6-2-4-8-23(21)24/h1-12,19,24,30H,13-16H2,(H,28,34)(H,29,31)(H,32,33). The fraction of sp³-hybridized carbons (Fsp3) is 0.222. The summed E-state index contributed by atoms with van der Waals surface area (Å²) in [5, 5.41) is 24.1. The second kappa shape index (κ2) is 10.8. The summed E-state index contributed by atoms with van der Waals surface area (Å²) in [7, 11) is 0. The lowest BCUT2D eigenvalue weighted by atomic mass is 9.98. The van der Waals surface area contributed by atoms with Crippen LogP contribution in [0.15, 0.2) is 72.8 Å². The molecular weight excluding hydrogens is 448 g/mol. The molecule has 8 heteroatoms. The van der Waals surface area contributed by atoms with Gasteiger partial charge >= 0.3 is 12.1 Å². The van der Waals surface area contributed by atoms with Gasteiger partial charge in [0.1, 0.15) is 6.61 Å². The Labute approximate surface area is 202 Å². The van der Waals surface area contributed by atoms with E-state index in [1.54, 1.807) is 24.3 Å². The lowest BCUT2D eigenvalue weighted by Gasteiger charge is -2.16. The number of aliphatic hydroxyl groups is 1. The molecule has 0 saturated heterocycles. The first-order valence-corrected chi connectivity index (χ1v) is 11.3. The third kappa shape index (κ3) is 6.04. The molecule has 8 nitrogen and oxygen atoms in total. The van der Waals surface area contributed by atoms with Gasteiger partial charge in [-0.05, 0) is 39.9 Å². The van der Waals surface area contributed by atoms with Crippen molar-refractivity contribution in [1.82, 2.24) is 5.32 Å². The quantitative estimate of drug-likeness (QED) is 0.376. The van der Waals surface area contributed by atoms with Gasteiger partial charge in [-0.3, -0.25) is 9.59 Å². The van der Waals surface area contributed by atoms with Gasteiger partial charge in [0.05, 0.1) is 18.9 Å². The molecule has 1 atom stereocenters. The lowest BCUT2D eigenvalue weighted by Crippen LogP contribution is -2.35. The third-order valence-electron chi connectivity index (χ3n) is 5.84. The largest absolute Gasteiger partial charge is 0.481 e. The van der Waals surface area contributed by atoms with E-state index in [0.29, 0.717) is 11.3 Å². The maximum Gasteiger partial charge on any atom is 0.407 e. The Balaban J connectivity index is 1.22. The number of carbonyl (C=O) groups is 3. The summed E-state index contributed by atoms with van der Waals surface area (Å²) in [5.74, 6) is -1.43. The molecule has 3 aromatic carbocycles. The van der Waals surface area contributed by atoms with E-state index in [1.165, 1.54) is 0 Å². The zero-order valence-electron chi connectivity index (χ0n) is 18.9. The lowest BCUT2D eigenvalue weighted by molar-refractivity contribution is -0.136. The highest BCUT2D eigenvalue weighted by Gasteiger charge is 2.29. The van der Waals surface area contributed by atoms with Crippen LogP contribution >= 0.6 is 0 Å². The van der Waals surface area contributed by atoms with Crippen LogP contribution in [0.2, 0.25) is 0 Å². The number of carboxylic acid groups (broad SMARTS) is 1. The van der Waals surface area contributed by atoms with Gasteiger partial charge in [-0.1, -0.05) is 60.7 Å². The second-order valence-corrected chi connectivity index (χ2v) is 8.38. The van der Waals surface area contributed by atoms with Crippen LogP contribution in [0.4, 0.5) is 10.5 Å². The number of alkyl carbamates (subject to hydrolysis) is 1. The molecule has 1 aliphatic rings. The van der Waals surface area contributed by atoms with Crippen molar-refractivity contribution in [3.63, 3.8) is 0 Å². The molecule has 1 aliphatic carbocycles. The molecule has 0 aromatic heterocycles. The van der Waals surface area contributed by atoms with Gasteiger partial charge < -0.3 is 25.6 Å². The van der Waals surface area contributed by atoms with E-state index in [9.17, 15) is 19.5 Å². The monoisotopic (exact) mass is 474 g/mol. The van der Waals surface area contributed by atoms with Crippen molar-refractivity contribution in [3.8, 4) is 11.1 Å². The average molecular weight is 475 g/mol.